The fourth-order valence-electron chi connectivity index (χ4n) is 4.91. The molecule has 1 saturated carbocycles. The SMILES string of the molecule is CC[C@]1(C(N)=O)COc2c1cc(C(O)(CNC(=O)c1ccc(OC3CC3)c(OC)c1)C(F)(F)F)nc2-c1ccc(F)cc1. The Morgan fingerprint density at radius 3 is 2.42 bits per heavy atom. The first-order valence-electron chi connectivity index (χ1n) is 13.5. The highest BCUT2D eigenvalue weighted by atomic mass is 19.4. The van der Waals surface area contributed by atoms with Crippen LogP contribution in [0.2, 0.25) is 0 Å². The molecule has 3 aromatic rings. The average molecular weight is 604 g/mol. The van der Waals surface area contributed by atoms with E-state index in [9.17, 15) is 32.3 Å². The lowest BCUT2D eigenvalue weighted by Crippen LogP contribution is -2.52. The monoisotopic (exact) mass is 603 g/mol. The molecule has 228 valence electrons. The Labute approximate surface area is 244 Å². The van der Waals surface area contributed by atoms with Crippen molar-refractivity contribution in [3.63, 3.8) is 0 Å². The molecular formula is C30H29F4N3O6. The van der Waals surface area contributed by atoms with Crippen molar-refractivity contribution in [2.24, 2.45) is 5.73 Å². The molecule has 1 unspecified atom stereocenters. The second-order valence-electron chi connectivity index (χ2n) is 10.6. The molecule has 1 fully saturated rings. The number of nitrogens with one attached hydrogen (secondary N) is 1. The lowest BCUT2D eigenvalue weighted by atomic mass is 9.78. The Balaban J connectivity index is 1.55. The molecule has 2 aliphatic rings. The van der Waals surface area contributed by atoms with Crippen LogP contribution in [-0.2, 0) is 15.8 Å². The maximum atomic E-state index is 14.7. The Morgan fingerprint density at radius 1 is 1.14 bits per heavy atom. The van der Waals surface area contributed by atoms with Gasteiger partial charge in [-0.1, -0.05) is 6.92 Å². The molecule has 2 heterocycles. The molecule has 2 aromatic carbocycles. The maximum Gasteiger partial charge on any atom is 0.424 e. The number of methoxy groups -OCH3 is 1. The number of hydrogen-bond acceptors (Lipinski definition) is 7. The van der Waals surface area contributed by atoms with Crippen LogP contribution in [0.25, 0.3) is 11.3 Å². The van der Waals surface area contributed by atoms with Gasteiger partial charge in [0.15, 0.2) is 11.5 Å². The van der Waals surface area contributed by atoms with Gasteiger partial charge >= 0.3 is 6.18 Å². The van der Waals surface area contributed by atoms with Gasteiger partial charge in [0.1, 0.15) is 29.3 Å². The first kappa shape index (κ1) is 30.1. The van der Waals surface area contributed by atoms with Gasteiger partial charge in [0.25, 0.3) is 5.91 Å². The number of halogens is 4. The van der Waals surface area contributed by atoms with E-state index < -0.39 is 47.1 Å². The van der Waals surface area contributed by atoms with E-state index in [0.29, 0.717) is 5.75 Å². The minimum absolute atomic E-state index is 0.00295. The van der Waals surface area contributed by atoms with Crippen LogP contribution >= 0.6 is 0 Å². The summed E-state index contributed by atoms with van der Waals surface area (Å²) >= 11 is 0. The zero-order valence-corrected chi connectivity index (χ0v) is 23.3. The van der Waals surface area contributed by atoms with Crippen molar-refractivity contribution in [1.29, 1.82) is 0 Å². The van der Waals surface area contributed by atoms with Gasteiger partial charge in [0.05, 0.1) is 25.5 Å². The van der Waals surface area contributed by atoms with Crippen molar-refractivity contribution in [3.8, 4) is 28.5 Å². The van der Waals surface area contributed by atoms with E-state index in [-0.39, 0.29) is 53.0 Å². The summed E-state index contributed by atoms with van der Waals surface area (Å²) in [4.78, 5) is 29.7. The topological polar surface area (TPSA) is 133 Å². The Hall–Kier alpha value is -4.39. The third-order valence-electron chi connectivity index (χ3n) is 7.79. The third-order valence-corrected chi connectivity index (χ3v) is 7.79. The molecule has 2 amide bonds. The fourth-order valence-corrected chi connectivity index (χ4v) is 4.91. The van der Waals surface area contributed by atoms with Crippen LogP contribution < -0.4 is 25.3 Å². The Bertz CT molecular complexity index is 1560. The number of fused-ring (bicyclic) bond motifs is 1. The molecule has 0 saturated heterocycles. The summed E-state index contributed by atoms with van der Waals surface area (Å²) in [6, 6.07) is 9.81. The number of carbonyl (C=O) groups excluding carboxylic acids is 2. The molecule has 1 aromatic heterocycles. The van der Waals surface area contributed by atoms with Gasteiger partial charge in [-0.2, -0.15) is 13.2 Å². The highest BCUT2D eigenvalue weighted by molar-refractivity contribution is 5.95. The molecule has 0 spiro atoms. The molecule has 2 atom stereocenters. The standard InChI is InChI=1S/C30H29F4N3O6/c1-3-28(27(35)39)15-42-25-20(28)13-23(37-24(25)16-4-7-18(31)8-5-16)29(40,30(32,33)34)14-36-26(38)17-6-11-21(22(12-17)41-2)43-19-9-10-19/h4-8,11-13,19,40H,3,9-10,14-15H2,1-2H3,(H2,35,39)(H,36,38)/t28-,29?/m0/s1. The predicted molar refractivity (Wildman–Crippen MR) is 145 cm³/mol. The molecule has 4 N–H and O–H groups in total. The molecule has 1 aliphatic carbocycles. The summed E-state index contributed by atoms with van der Waals surface area (Å²) in [5, 5.41) is 13.4. The van der Waals surface area contributed by atoms with E-state index in [1.807, 2.05) is 0 Å². The van der Waals surface area contributed by atoms with Crippen LogP contribution in [0.4, 0.5) is 17.6 Å². The molecule has 43 heavy (non-hydrogen) atoms. The average Bonchev–Trinajstić information content (AvgIpc) is 3.71. The van der Waals surface area contributed by atoms with E-state index >= 15 is 0 Å². The van der Waals surface area contributed by atoms with Crippen molar-refractivity contribution in [2.45, 2.75) is 49.5 Å². The number of rotatable bonds is 10. The van der Waals surface area contributed by atoms with E-state index in [1.165, 1.54) is 37.4 Å². The van der Waals surface area contributed by atoms with Crippen molar-refractivity contribution in [1.82, 2.24) is 10.3 Å². The fraction of sp³-hybridized carbons (Fsp3) is 0.367. The molecule has 0 radical (unpaired) electrons. The predicted octanol–water partition coefficient (Wildman–Crippen LogP) is 4.14. The van der Waals surface area contributed by atoms with Crippen LogP contribution in [0.5, 0.6) is 17.2 Å². The molecule has 13 heteroatoms. The number of alkyl halides is 3. The molecule has 9 nitrogen and oxygen atoms in total. The highest BCUT2D eigenvalue weighted by Gasteiger charge is 2.58. The summed E-state index contributed by atoms with van der Waals surface area (Å²) < 4.78 is 74.4. The second-order valence-corrected chi connectivity index (χ2v) is 10.6. The first-order valence-corrected chi connectivity index (χ1v) is 13.5. The number of aromatic nitrogens is 1. The minimum atomic E-state index is -5.34. The summed E-state index contributed by atoms with van der Waals surface area (Å²) in [7, 11) is 1.36. The summed E-state index contributed by atoms with van der Waals surface area (Å²) in [5.41, 5.74) is -0.479. The van der Waals surface area contributed by atoms with Crippen LogP contribution in [0.15, 0.2) is 48.5 Å². The van der Waals surface area contributed by atoms with Gasteiger partial charge in [-0.3, -0.25) is 9.59 Å². The molecule has 1 aliphatic heterocycles. The number of nitrogens with two attached hydrogens (primary N) is 1. The number of nitrogens with zero attached hydrogens (tertiary/aromatic N) is 1. The molecule has 0 bridgehead atoms. The summed E-state index contributed by atoms with van der Waals surface area (Å²) in [5.74, 6) is -1.77. The number of ether oxygens (including phenoxy) is 3. The quantitative estimate of drug-likeness (QED) is 0.297. The lowest BCUT2D eigenvalue weighted by molar-refractivity contribution is -0.265. The normalized spacial score (nSPS) is 19.1. The van der Waals surface area contributed by atoms with E-state index in [1.54, 1.807) is 6.92 Å². The van der Waals surface area contributed by atoms with Crippen molar-refractivity contribution in [2.75, 3.05) is 20.3 Å². The molecular weight excluding hydrogens is 574 g/mol. The van der Waals surface area contributed by atoms with Crippen LogP contribution in [0.1, 0.15) is 47.8 Å². The minimum Gasteiger partial charge on any atom is -0.493 e. The van der Waals surface area contributed by atoms with Crippen LogP contribution in [-0.4, -0.2) is 54.4 Å². The lowest BCUT2D eigenvalue weighted by Gasteiger charge is -2.32. The van der Waals surface area contributed by atoms with Gasteiger partial charge in [0, 0.05) is 16.7 Å². The smallest absolute Gasteiger partial charge is 0.424 e. The van der Waals surface area contributed by atoms with Gasteiger partial charge in [-0.05, 0) is 67.8 Å². The van der Waals surface area contributed by atoms with Gasteiger partial charge in [0.2, 0.25) is 11.5 Å². The Morgan fingerprint density at radius 2 is 1.84 bits per heavy atom. The van der Waals surface area contributed by atoms with Crippen molar-refractivity contribution >= 4 is 11.8 Å². The van der Waals surface area contributed by atoms with E-state index in [4.69, 9.17) is 19.9 Å². The number of pyridine rings is 1. The zero-order valence-electron chi connectivity index (χ0n) is 23.3. The van der Waals surface area contributed by atoms with Gasteiger partial charge < -0.3 is 30.4 Å². The highest BCUT2D eigenvalue weighted by Crippen LogP contribution is 2.49. The summed E-state index contributed by atoms with van der Waals surface area (Å²) in [6.07, 6.45) is -3.47. The number of carbonyl (C=O) groups is 2. The Kier molecular flexibility index (Phi) is 7.71. The number of primary amides is 1. The van der Waals surface area contributed by atoms with Crippen molar-refractivity contribution in [3.05, 3.63) is 71.2 Å². The number of hydrogen-bond donors (Lipinski definition) is 3. The number of benzene rings is 2. The number of aliphatic hydroxyl groups is 1. The second kappa shape index (κ2) is 11.0. The van der Waals surface area contributed by atoms with Crippen LogP contribution in [0, 0.1) is 5.82 Å². The van der Waals surface area contributed by atoms with E-state index in [0.717, 1.165) is 31.0 Å². The zero-order chi connectivity index (χ0) is 31.2. The largest absolute Gasteiger partial charge is 0.493 e. The first-order chi connectivity index (χ1) is 20.3. The molecule has 5 rings (SSSR count). The third kappa shape index (κ3) is 5.44. The maximum absolute atomic E-state index is 14.7. The number of amides is 2. The summed E-state index contributed by atoms with van der Waals surface area (Å²) in [6.45, 7) is 0.0203. The van der Waals surface area contributed by atoms with Gasteiger partial charge in [-0.25, -0.2) is 9.37 Å². The van der Waals surface area contributed by atoms with E-state index in [2.05, 4.69) is 10.3 Å². The van der Waals surface area contributed by atoms with Crippen LogP contribution in [0.3, 0.4) is 0 Å². The van der Waals surface area contributed by atoms with Crippen molar-refractivity contribution < 1.29 is 46.5 Å². The van der Waals surface area contributed by atoms with Gasteiger partial charge in [-0.15, -0.1) is 0 Å².